The summed E-state index contributed by atoms with van der Waals surface area (Å²) in [5, 5.41) is 3.27. The van der Waals surface area contributed by atoms with E-state index in [1.165, 1.54) is 21.4 Å². The van der Waals surface area contributed by atoms with Crippen LogP contribution in [0.15, 0.2) is 28.7 Å². The maximum Gasteiger partial charge on any atom is 0.123 e. The zero-order valence-electron chi connectivity index (χ0n) is 10.6. The van der Waals surface area contributed by atoms with Crippen molar-refractivity contribution in [1.82, 2.24) is 5.32 Å². The highest BCUT2D eigenvalue weighted by atomic mass is 79.9. The minimum atomic E-state index is -0.209. The smallest absolute Gasteiger partial charge is 0.123 e. The number of hydrogen-bond acceptors (Lipinski definition) is 2. The molecule has 1 atom stereocenters. The summed E-state index contributed by atoms with van der Waals surface area (Å²) < 4.78 is 14.3. The standard InChI is InChI=1S/C14H15BrFNS/c1-8-6-9(2)18-14(8)13(17-3)11-7-10(16)4-5-12(11)15/h4-7,13,17H,1-3H3. The van der Waals surface area contributed by atoms with Gasteiger partial charge in [0.15, 0.2) is 0 Å². The SMILES string of the molecule is CNC(c1cc(F)ccc1Br)c1sc(C)cc1C. The van der Waals surface area contributed by atoms with Gasteiger partial charge in [-0.3, -0.25) is 0 Å². The molecule has 0 amide bonds. The Morgan fingerprint density at radius 2 is 2.00 bits per heavy atom. The molecule has 0 aliphatic carbocycles. The molecule has 2 aromatic rings. The van der Waals surface area contributed by atoms with Crippen LogP contribution in [0.1, 0.15) is 26.9 Å². The molecule has 1 heterocycles. The van der Waals surface area contributed by atoms with Crippen LogP contribution in [0.4, 0.5) is 4.39 Å². The topological polar surface area (TPSA) is 12.0 Å². The van der Waals surface area contributed by atoms with E-state index in [0.29, 0.717) is 0 Å². The maximum atomic E-state index is 13.4. The van der Waals surface area contributed by atoms with Gasteiger partial charge in [-0.05, 0) is 56.3 Å². The predicted molar refractivity (Wildman–Crippen MR) is 78.8 cm³/mol. The van der Waals surface area contributed by atoms with Crippen molar-refractivity contribution >= 4 is 27.3 Å². The Hall–Kier alpha value is -0.710. The molecule has 0 aliphatic rings. The van der Waals surface area contributed by atoms with E-state index in [4.69, 9.17) is 0 Å². The van der Waals surface area contributed by atoms with Gasteiger partial charge >= 0.3 is 0 Å². The van der Waals surface area contributed by atoms with E-state index in [1.807, 2.05) is 7.05 Å². The number of aryl methyl sites for hydroxylation is 2. The van der Waals surface area contributed by atoms with Crippen molar-refractivity contribution in [3.05, 3.63) is 55.4 Å². The van der Waals surface area contributed by atoms with Gasteiger partial charge in [0, 0.05) is 14.2 Å². The summed E-state index contributed by atoms with van der Waals surface area (Å²) in [7, 11) is 1.90. The number of rotatable bonds is 3. The fourth-order valence-electron chi connectivity index (χ4n) is 2.11. The van der Waals surface area contributed by atoms with Crippen LogP contribution in [0.5, 0.6) is 0 Å². The summed E-state index contributed by atoms with van der Waals surface area (Å²) in [4.78, 5) is 2.51. The van der Waals surface area contributed by atoms with Crippen LogP contribution >= 0.6 is 27.3 Å². The van der Waals surface area contributed by atoms with Gasteiger partial charge in [0.25, 0.3) is 0 Å². The largest absolute Gasteiger partial charge is 0.309 e. The average Bonchev–Trinajstić information content (AvgIpc) is 2.64. The monoisotopic (exact) mass is 327 g/mol. The number of halogens is 2. The third-order valence-electron chi connectivity index (χ3n) is 2.90. The third kappa shape index (κ3) is 2.66. The maximum absolute atomic E-state index is 13.4. The third-order valence-corrected chi connectivity index (χ3v) is 4.84. The molecule has 1 N–H and O–H groups in total. The Morgan fingerprint density at radius 3 is 2.56 bits per heavy atom. The van der Waals surface area contributed by atoms with Gasteiger partial charge in [-0.15, -0.1) is 11.3 Å². The predicted octanol–water partition coefficient (Wildman–Crippen LogP) is 4.58. The molecule has 0 bridgehead atoms. The minimum Gasteiger partial charge on any atom is -0.309 e. The van der Waals surface area contributed by atoms with Crippen molar-refractivity contribution in [2.75, 3.05) is 7.05 Å². The van der Waals surface area contributed by atoms with E-state index in [2.05, 4.69) is 41.2 Å². The minimum absolute atomic E-state index is 0.0220. The van der Waals surface area contributed by atoms with Gasteiger partial charge in [-0.25, -0.2) is 4.39 Å². The van der Waals surface area contributed by atoms with Crippen molar-refractivity contribution in [2.45, 2.75) is 19.9 Å². The first-order valence-electron chi connectivity index (χ1n) is 5.72. The van der Waals surface area contributed by atoms with Crippen LogP contribution < -0.4 is 5.32 Å². The number of nitrogens with one attached hydrogen (secondary N) is 1. The summed E-state index contributed by atoms with van der Waals surface area (Å²) in [5.74, 6) is -0.209. The lowest BCUT2D eigenvalue weighted by Gasteiger charge is -2.18. The number of hydrogen-bond donors (Lipinski definition) is 1. The Kier molecular flexibility index (Phi) is 4.20. The van der Waals surface area contributed by atoms with E-state index >= 15 is 0 Å². The normalized spacial score (nSPS) is 12.7. The van der Waals surface area contributed by atoms with Crippen LogP contribution in [-0.2, 0) is 0 Å². The van der Waals surface area contributed by atoms with E-state index in [-0.39, 0.29) is 11.9 Å². The highest BCUT2D eigenvalue weighted by molar-refractivity contribution is 9.10. The molecule has 1 aromatic carbocycles. The van der Waals surface area contributed by atoms with E-state index in [0.717, 1.165) is 10.0 Å². The van der Waals surface area contributed by atoms with Crippen LogP contribution in [0.3, 0.4) is 0 Å². The van der Waals surface area contributed by atoms with E-state index in [9.17, 15) is 4.39 Å². The Balaban J connectivity index is 2.51. The first-order valence-corrected chi connectivity index (χ1v) is 7.33. The lowest BCUT2D eigenvalue weighted by molar-refractivity contribution is 0.616. The van der Waals surface area contributed by atoms with Crippen LogP contribution in [0.25, 0.3) is 0 Å². The summed E-state index contributed by atoms with van der Waals surface area (Å²) >= 11 is 5.25. The molecule has 1 nitrogen and oxygen atoms in total. The molecule has 0 saturated carbocycles. The molecule has 2 rings (SSSR count). The second kappa shape index (κ2) is 5.51. The van der Waals surface area contributed by atoms with Crippen molar-refractivity contribution in [3.8, 4) is 0 Å². The molecule has 0 aliphatic heterocycles. The van der Waals surface area contributed by atoms with Crippen LogP contribution in [-0.4, -0.2) is 7.05 Å². The number of thiophene rings is 1. The number of benzene rings is 1. The van der Waals surface area contributed by atoms with Crippen molar-refractivity contribution in [1.29, 1.82) is 0 Å². The summed E-state index contributed by atoms with van der Waals surface area (Å²) in [6, 6.07) is 6.99. The van der Waals surface area contributed by atoms with Gasteiger partial charge in [0.1, 0.15) is 5.82 Å². The fourth-order valence-corrected chi connectivity index (χ4v) is 3.75. The van der Waals surface area contributed by atoms with E-state index < -0.39 is 0 Å². The molecule has 0 fully saturated rings. The second-order valence-electron chi connectivity index (χ2n) is 4.29. The highest BCUT2D eigenvalue weighted by Crippen LogP contribution is 2.35. The Morgan fingerprint density at radius 1 is 1.28 bits per heavy atom. The first kappa shape index (κ1) is 13.7. The summed E-state index contributed by atoms with van der Waals surface area (Å²) in [5.41, 5.74) is 2.18. The molecule has 18 heavy (non-hydrogen) atoms. The lowest BCUT2D eigenvalue weighted by Crippen LogP contribution is -2.18. The molecule has 96 valence electrons. The zero-order valence-corrected chi connectivity index (χ0v) is 13.0. The lowest BCUT2D eigenvalue weighted by atomic mass is 10.0. The van der Waals surface area contributed by atoms with Crippen LogP contribution in [0.2, 0.25) is 0 Å². The van der Waals surface area contributed by atoms with Gasteiger partial charge in [-0.2, -0.15) is 0 Å². The molecule has 0 spiro atoms. The first-order chi connectivity index (χ1) is 8.52. The molecular weight excluding hydrogens is 313 g/mol. The average molecular weight is 328 g/mol. The van der Waals surface area contributed by atoms with Gasteiger partial charge in [-0.1, -0.05) is 15.9 Å². The van der Waals surface area contributed by atoms with Crippen molar-refractivity contribution < 1.29 is 4.39 Å². The quantitative estimate of drug-likeness (QED) is 0.870. The Labute approximate surface area is 119 Å². The summed E-state index contributed by atoms with van der Waals surface area (Å²) in [6.45, 7) is 4.19. The second-order valence-corrected chi connectivity index (χ2v) is 6.43. The molecular formula is C14H15BrFNS. The molecule has 1 unspecified atom stereocenters. The molecule has 1 aromatic heterocycles. The highest BCUT2D eigenvalue weighted by Gasteiger charge is 2.19. The van der Waals surface area contributed by atoms with E-state index in [1.54, 1.807) is 23.5 Å². The Bertz CT molecular complexity index is 565. The summed E-state index contributed by atoms with van der Waals surface area (Å²) in [6.07, 6.45) is 0. The van der Waals surface area contributed by atoms with Crippen molar-refractivity contribution in [2.24, 2.45) is 0 Å². The van der Waals surface area contributed by atoms with Gasteiger partial charge in [0.2, 0.25) is 0 Å². The van der Waals surface area contributed by atoms with Crippen LogP contribution in [0, 0.1) is 19.7 Å². The molecule has 0 radical (unpaired) electrons. The van der Waals surface area contributed by atoms with Crippen molar-refractivity contribution in [3.63, 3.8) is 0 Å². The van der Waals surface area contributed by atoms with Gasteiger partial charge < -0.3 is 5.32 Å². The molecule has 4 heteroatoms. The zero-order chi connectivity index (χ0) is 13.3. The fraction of sp³-hybridized carbons (Fsp3) is 0.286. The molecule has 0 saturated heterocycles. The van der Waals surface area contributed by atoms with Gasteiger partial charge in [0.05, 0.1) is 6.04 Å².